The summed E-state index contributed by atoms with van der Waals surface area (Å²) in [4.78, 5) is 25.4. The lowest BCUT2D eigenvalue weighted by Crippen LogP contribution is -2.31. The molecule has 2 aromatic rings. The molecule has 0 amide bonds. The van der Waals surface area contributed by atoms with Crippen LogP contribution in [0.3, 0.4) is 0 Å². The minimum Gasteiger partial charge on any atom is -0.483 e. The molecule has 0 aliphatic heterocycles. The number of anilines is 1. The van der Waals surface area contributed by atoms with Gasteiger partial charge in [0.25, 0.3) is 5.91 Å². The minimum atomic E-state index is -0.600. The van der Waals surface area contributed by atoms with Gasteiger partial charge in [-0.05, 0) is 54.1 Å². The highest BCUT2D eigenvalue weighted by Crippen LogP contribution is 2.35. The van der Waals surface area contributed by atoms with Gasteiger partial charge in [0.1, 0.15) is 11.3 Å². The zero-order valence-corrected chi connectivity index (χ0v) is 22.2. The number of ether oxygens (including phenoxy) is 2. The largest absolute Gasteiger partial charge is 0.483 e. The summed E-state index contributed by atoms with van der Waals surface area (Å²) in [7, 11) is 0. The van der Waals surface area contributed by atoms with Crippen LogP contribution in [0.5, 0.6) is 5.75 Å². The van der Waals surface area contributed by atoms with Crippen molar-refractivity contribution in [3.63, 3.8) is 0 Å². The Bertz CT molecular complexity index is 1050. The first-order valence-electron chi connectivity index (χ1n) is 11.4. The van der Waals surface area contributed by atoms with Crippen LogP contribution in [-0.2, 0) is 15.6 Å². The summed E-state index contributed by atoms with van der Waals surface area (Å²) in [6.45, 7) is 16.9. The molecule has 0 unspecified atom stereocenters. The molecule has 0 aliphatic rings. The van der Waals surface area contributed by atoms with Gasteiger partial charge in [-0.3, -0.25) is 4.79 Å². The average Bonchev–Trinajstić information content (AvgIpc) is 3.14. The number of thiocarbonyl (C=S) groups is 1. The number of aromatic nitrogens is 2. The molecule has 0 saturated heterocycles. The molecule has 2 N–H and O–H groups in total. The van der Waals surface area contributed by atoms with Gasteiger partial charge in [-0.1, -0.05) is 53.7 Å². The molecule has 0 atom stereocenters. The Morgan fingerprint density at radius 2 is 1.76 bits per heavy atom. The van der Waals surface area contributed by atoms with Gasteiger partial charge >= 0.3 is 5.97 Å². The van der Waals surface area contributed by atoms with Crippen molar-refractivity contribution in [1.29, 1.82) is 0 Å². The molecular formula is C25H36N4O4S. The summed E-state index contributed by atoms with van der Waals surface area (Å²) < 4.78 is 12.1. The zero-order chi connectivity index (χ0) is 25.7. The van der Waals surface area contributed by atoms with E-state index in [9.17, 15) is 9.59 Å². The van der Waals surface area contributed by atoms with Crippen molar-refractivity contribution < 1.29 is 19.1 Å². The maximum atomic E-state index is 13.1. The van der Waals surface area contributed by atoms with Crippen molar-refractivity contribution in [3.8, 4) is 5.75 Å². The average molecular weight is 489 g/mol. The van der Waals surface area contributed by atoms with Crippen LogP contribution in [0.25, 0.3) is 0 Å². The molecule has 0 saturated carbocycles. The van der Waals surface area contributed by atoms with E-state index in [0.29, 0.717) is 12.3 Å². The first-order chi connectivity index (χ1) is 15.8. The van der Waals surface area contributed by atoms with E-state index in [0.717, 1.165) is 10.2 Å². The first-order valence-corrected chi connectivity index (χ1v) is 11.8. The maximum absolute atomic E-state index is 13.1. The molecule has 0 radical (unpaired) electrons. The third kappa shape index (κ3) is 6.79. The highest BCUT2D eigenvalue weighted by atomic mass is 32.1. The number of nitrogens with one attached hydrogen (secondary N) is 2. The molecule has 1 heterocycles. The number of nitrogens with zero attached hydrogens (tertiary/aromatic N) is 2. The zero-order valence-electron chi connectivity index (χ0n) is 21.4. The standard InChI is InChI=1S/C25H36N4O4S/c1-9-26-23(34)28-21-17(22(31)32-10-2)14-27-29(21)20(30)15-33-19-12-11-16(24(3,4)5)13-18(19)25(6,7)8/h11-14H,9-10,15H2,1-8H3,(H2,26,28,34). The quantitative estimate of drug-likeness (QED) is 0.429. The molecule has 0 bridgehead atoms. The number of carbonyl (C=O) groups is 2. The van der Waals surface area contributed by atoms with E-state index in [-0.39, 0.29) is 40.5 Å². The van der Waals surface area contributed by atoms with Gasteiger partial charge in [-0.15, -0.1) is 0 Å². The summed E-state index contributed by atoms with van der Waals surface area (Å²) in [6, 6.07) is 6.05. The molecule has 1 aromatic carbocycles. The second kappa shape index (κ2) is 11.0. The van der Waals surface area contributed by atoms with Gasteiger partial charge in [0.15, 0.2) is 17.5 Å². The van der Waals surface area contributed by atoms with Crippen LogP contribution in [0.1, 0.15) is 81.7 Å². The van der Waals surface area contributed by atoms with Crippen LogP contribution in [0.4, 0.5) is 5.82 Å². The fourth-order valence-corrected chi connectivity index (χ4v) is 3.48. The van der Waals surface area contributed by atoms with E-state index in [1.54, 1.807) is 6.92 Å². The molecule has 186 valence electrons. The van der Waals surface area contributed by atoms with Crippen LogP contribution in [0.15, 0.2) is 24.4 Å². The predicted octanol–water partition coefficient (Wildman–Crippen LogP) is 4.68. The van der Waals surface area contributed by atoms with Gasteiger partial charge in [-0.25, -0.2) is 4.79 Å². The predicted molar refractivity (Wildman–Crippen MR) is 138 cm³/mol. The number of hydrogen-bond acceptors (Lipinski definition) is 6. The second-order valence-electron chi connectivity index (χ2n) is 9.92. The monoisotopic (exact) mass is 488 g/mol. The number of benzene rings is 1. The van der Waals surface area contributed by atoms with Crippen LogP contribution >= 0.6 is 12.2 Å². The third-order valence-corrected chi connectivity index (χ3v) is 5.32. The summed E-state index contributed by atoms with van der Waals surface area (Å²) in [5.41, 5.74) is 2.10. The van der Waals surface area contributed by atoms with E-state index < -0.39 is 11.9 Å². The Hall–Kier alpha value is -2.94. The lowest BCUT2D eigenvalue weighted by molar-refractivity contribution is 0.0527. The normalized spacial score (nSPS) is 11.6. The SMILES string of the molecule is CCNC(=S)Nc1c(C(=O)OCC)cnn1C(=O)COc1ccc(C(C)(C)C)cc1C(C)(C)C. The lowest BCUT2D eigenvalue weighted by atomic mass is 9.80. The maximum Gasteiger partial charge on any atom is 0.343 e. The molecule has 0 aliphatic carbocycles. The van der Waals surface area contributed by atoms with Crippen LogP contribution in [0.2, 0.25) is 0 Å². The first kappa shape index (κ1) is 27.3. The van der Waals surface area contributed by atoms with Crippen molar-refractivity contribution in [3.05, 3.63) is 41.1 Å². The molecule has 0 fully saturated rings. The van der Waals surface area contributed by atoms with E-state index in [1.165, 1.54) is 11.8 Å². The number of hydrogen-bond donors (Lipinski definition) is 2. The Labute approximate surface area is 207 Å². The van der Waals surface area contributed by atoms with Gasteiger partial charge in [-0.2, -0.15) is 9.78 Å². The molecule has 9 heteroatoms. The fourth-order valence-electron chi connectivity index (χ4n) is 3.24. The van der Waals surface area contributed by atoms with E-state index in [2.05, 4.69) is 63.3 Å². The lowest BCUT2D eigenvalue weighted by Gasteiger charge is -2.27. The van der Waals surface area contributed by atoms with Gasteiger partial charge < -0.3 is 20.1 Å². The molecule has 2 rings (SSSR count). The van der Waals surface area contributed by atoms with Crippen molar-refractivity contribution in [2.45, 2.75) is 66.2 Å². The Kier molecular flexibility index (Phi) is 8.83. The van der Waals surface area contributed by atoms with Crippen molar-refractivity contribution in [1.82, 2.24) is 15.1 Å². The van der Waals surface area contributed by atoms with Gasteiger partial charge in [0.2, 0.25) is 0 Å². The Morgan fingerprint density at radius 3 is 2.32 bits per heavy atom. The van der Waals surface area contributed by atoms with Gasteiger partial charge in [0, 0.05) is 6.54 Å². The second-order valence-corrected chi connectivity index (χ2v) is 10.3. The molecule has 34 heavy (non-hydrogen) atoms. The number of esters is 1. The van der Waals surface area contributed by atoms with E-state index in [1.807, 2.05) is 19.1 Å². The Balaban J connectivity index is 2.34. The van der Waals surface area contributed by atoms with Crippen molar-refractivity contribution in [2.24, 2.45) is 0 Å². The molecule has 0 spiro atoms. The van der Waals surface area contributed by atoms with E-state index >= 15 is 0 Å². The molecule has 1 aromatic heterocycles. The third-order valence-electron chi connectivity index (χ3n) is 5.07. The van der Waals surface area contributed by atoms with Crippen LogP contribution in [-0.4, -0.2) is 46.5 Å². The smallest absolute Gasteiger partial charge is 0.343 e. The van der Waals surface area contributed by atoms with Crippen molar-refractivity contribution in [2.75, 3.05) is 25.1 Å². The van der Waals surface area contributed by atoms with Gasteiger partial charge in [0.05, 0.1) is 12.8 Å². The fraction of sp³-hybridized carbons (Fsp3) is 0.520. The van der Waals surface area contributed by atoms with E-state index in [4.69, 9.17) is 21.7 Å². The minimum absolute atomic E-state index is 0.0155. The van der Waals surface area contributed by atoms with Crippen LogP contribution < -0.4 is 15.4 Å². The summed E-state index contributed by atoms with van der Waals surface area (Å²) in [5.74, 6) is -0.296. The number of carbonyl (C=O) groups excluding carboxylic acids is 2. The molecule has 8 nitrogen and oxygen atoms in total. The highest BCUT2D eigenvalue weighted by Gasteiger charge is 2.26. The topological polar surface area (TPSA) is 94.5 Å². The summed E-state index contributed by atoms with van der Waals surface area (Å²) in [5, 5.41) is 10.2. The summed E-state index contributed by atoms with van der Waals surface area (Å²) in [6.07, 6.45) is 1.28. The molecular weight excluding hydrogens is 452 g/mol. The van der Waals surface area contributed by atoms with Crippen LogP contribution in [0, 0.1) is 0 Å². The Morgan fingerprint density at radius 1 is 1.09 bits per heavy atom. The number of rotatable bonds is 7. The van der Waals surface area contributed by atoms with Crippen molar-refractivity contribution >= 4 is 35.0 Å². The summed E-state index contributed by atoms with van der Waals surface area (Å²) >= 11 is 5.24. The highest BCUT2D eigenvalue weighted by molar-refractivity contribution is 7.80.